The first kappa shape index (κ1) is 5.72. The Morgan fingerprint density at radius 3 is 2.33 bits per heavy atom. The molecule has 1 spiro atoms. The van der Waals surface area contributed by atoms with E-state index < -0.39 is 0 Å². The summed E-state index contributed by atoms with van der Waals surface area (Å²) < 4.78 is 0. The molecule has 0 radical (unpaired) electrons. The fraction of sp³-hybridized carbons (Fsp3) is 1.00. The van der Waals surface area contributed by atoms with Crippen molar-refractivity contribution in [3.8, 4) is 0 Å². The van der Waals surface area contributed by atoms with Crippen molar-refractivity contribution in [2.75, 3.05) is 0 Å². The van der Waals surface area contributed by atoms with Gasteiger partial charge in [-0.05, 0) is 43.9 Å². The van der Waals surface area contributed by atoms with Crippen LogP contribution in [0, 0.1) is 11.3 Å². The second-order valence-corrected chi connectivity index (χ2v) is 4.03. The fourth-order valence-electron chi connectivity index (χ4n) is 2.01. The monoisotopic (exact) mass is 125 g/mol. The van der Waals surface area contributed by atoms with Crippen LogP contribution in [0.25, 0.3) is 0 Å². The van der Waals surface area contributed by atoms with Crippen molar-refractivity contribution in [3.05, 3.63) is 0 Å². The fourth-order valence-corrected chi connectivity index (χ4v) is 2.01. The summed E-state index contributed by atoms with van der Waals surface area (Å²) in [5.74, 6) is 0.868. The van der Waals surface area contributed by atoms with Gasteiger partial charge in [0.2, 0.25) is 0 Å². The van der Waals surface area contributed by atoms with Gasteiger partial charge < -0.3 is 5.73 Å². The number of rotatable bonds is 1. The predicted octanol–water partition coefficient (Wildman–Crippen LogP) is 1.52. The Bertz CT molecular complexity index is 117. The molecule has 1 heteroatoms. The largest absolute Gasteiger partial charge is 0.328 e. The summed E-state index contributed by atoms with van der Waals surface area (Å²) in [6.07, 6.45) is 5.86. The van der Waals surface area contributed by atoms with Crippen molar-refractivity contribution in [1.82, 2.24) is 0 Å². The highest BCUT2D eigenvalue weighted by Crippen LogP contribution is 2.63. The van der Waals surface area contributed by atoms with Crippen molar-refractivity contribution < 1.29 is 0 Å². The molecule has 2 saturated carbocycles. The van der Waals surface area contributed by atoms with Gasteiger partial charge in [-0.25, -0.2) is 0 Å². The van der Waals surface area contributed by atoms with Crippen molar-refractivity contribution >= 4 is 0 Å². The number of hydrogen-bond donors (Lipinski definition) is 1. The third kappa shape index (κ3) is 0.787. The first-order valence-electron chi connectivity index (χ1n) is 3.97. The molecule has 2 N–H and O–H groups in total. The van der Waals surface area contributed by atoms with E-state index in [1.807, 2.05) is 0 Å². The standard InChI is InChI=1S/C8H15N/c1-6(9)7-4-8(5-7)2-3-8/h6-7H,2-5,9H2,1H3. The summed E-state index contributed by atoms with van der Waals surface area (Å²) in [6.45, 7) is 2.14. The summed E-state index contributed by atoms with van der Waals surface area (Å²) in [5.41, 5.74) is 6.59. The Hall–Kier alpha value is -0.0400. The predicted molar refractivity (Wildman–Crippen MR) is 38.0 cm³/mol. The lowest BCUT2D eigenvalue weighted by Gasteiger charge is -2.38. The highest BCUT2D eigenvalue weighted by atomic mass is 14.7. The second kappa shape index (κ2) is 1.51. The van der Waals surface area contributed by atoms with Crippen LogP contribution in [-0.2, 0) is 0 Å². The van der Waals surface area contributed by atoms with Crippen LogP contribution in [0.5, 0.6) is 0 Å². The van der Waals surface area contributed by atoms with Crippen LogP contribution in [0.3, 0.4) is 0 Å². The van der Waals surface area contributed by atoms with Gasteiger partial charge in [0.1, 0.15) is 0 Å². The molecule has 1 atom stereocenters. The highest BCUT2D eigenvalue weighted by molar-refractivity contribution is 5.05. The molecule has 9 heavy (non-hydrogen) atoms. The molecular formula is C8H15N. The summed E-state index contributed by atoms with van der Waals surface area (Å²) >= 11 is 0. The Morgan fingerprint density at radius 2 is 2.00 bits per heavy atom. The molecule has 1 nitrogen and oxygen atoms in total. The SMILES string of the molecule is CC(N)C1CC2(CC2)C1. The highest BCUT2D eigenvalue weighted by Gasteiger charge is 2.53. The third-order valence-corrected chi connectivity index (χ3v) is 3.09. The van der Waals surface area contributed by atoms with E-state index in [0.29, 0.717) is 6.04 Å². The van der Waals surface area contributed by atoms with E-state index in [2.05, 4.69) is 6.92 Å². The van der Waals surface area contributed by atoms with Crippen LogP contribution < -0.4 is 5.73 Å². The summed E-state index contributed by atoms with van der Waals surface area (Å²) in [6, 6.07) is 0.455. The lowest BCUT2D eigenvalue weighted by Crippen LogP contribution is -2.38. The summed E-state index contributed by atoms with van der Waals surface area (Å²) in [7, 11) is 0. The minimum atomic E-state index is 0.455. The van der Waals surface area contributed by atoms with E-state index in [-0.39, 0.29) is 0 Å². The van der Waals surface area contributed by atoms with Crippen molar-refractivity contribution in [2.45, 2.75) is 38.6 Å². The normalized spacial score (nSPS) is 34.0. The van der Waals surface area contributed by atoms with Gasteiger partial charge in [-0.2, -0.15) is 0 Å². The second-order valence-electron chi connectivity index (χ2n) is 4.03. The average Bonchev–Trinajstić information content (AvgIpc) is 2.35. The number of hydrogen-bond acceptors (Lipinski definition) is 1. The smallest absolute Gasteiger partial charge is 0.00391 e. The Kier molecular flexibility index (Phi) is 0.963. The topological polar surface area (TPSA) is 26.0 Å². The first-order valence-corrected chi connectivity index (χ1v) is 3.97. The molecular weight excluding hydrogens is 110 g/mol. The van der Waals surface area contributed by atoms with Gasteiger partial charge in [0, 0.05) is 6.04 Å². The molecule has 0 aromatic carbocycles. The molecule has 0 aromatic rings. The molecule has 1 unspecified atom stereocenters. The van der Waals surface area contributed by atoms with E-state index in [1.54, 1.807) is 0 Å². The van der Waals surface area contributed by atoms with Gasteiger partial charge in [0.15, 0.2) is 0 Å². The van der Waals surface area contributed by atoms with Crippen LogP contribution in [0.15, 0.2) is 0 Å². The molecule has 2 rings (SSSR count). The molecule has 52 valence electrons. The van der Waals surface area contributed by atoms with Gasteiger partial charge in [0.05, 0.1) is 0 Å². The lowest BCUT2D eigenvalue weighted by molar-refractivity contribution is 0.145. The van der Waals surface area contributed by atoms with Crippen molar-refractivity contribution in [2.24, 2.45) is 17.1 Å². The summed E-state index contributed by atoms with van der Waals surface area (Å²) in [4.78, 5) is 0. The zero-order valence-electron chi connectivity index (χ0n) is 6.06. The van der Waals surface area contributed by atoms with Gasteiger partial charge in [0.25, 0.3) is 0 Å². The molecule has 2 aliphatic rings. The first-order chi connectivity index (χ1) is 4.22. The van der Waals surface area contributed by atoms with E-state index in [0.717, 1.165) is 11.3 Å². The van der Waals surface area contributed by atoms with Crippen LogP contribution in [0.4, 0.5) is 0 Å². The minimum Gasteiger partial charge on any atom is -0.328 e. The maximum Gasteiger partial charge on any atom is 0.00391 e. The van der Waals surface area contributed by atoms with Gasteiger partial charge in [-0.15, -0.1) is 0 Å². The van der Waals surface area contributed by atoms with E-state index in [4.69, 9.17) is 5.73 Å². The maximum atomic E-state index is 5.75. The molecule has 0 heterocycles. The van der Waals surface area contributed by atoms with E-state index in [9.17, 15) is 0 Å². The zero-order chi connectivity index (χ0) is 6.48. The maximum absolute atomic E-state index is 5.75. The Labute approximate surface area is 56.6 Å². The summed E-state index contributed by atoms with van der Waals surface area (Å²) in [5, 5.41) is 0. The Morgan fingerprint density at radius 1 is 1.44 bits per heavy atom. The average molecular weight is 125 g/mol. The molecule has 0 aliphatic heterocycles. The minimum absolute atomic E-state index is 0.455. The van der Waals surface area contributed by atoms with Crippen LogP contribution >= 0.6 is 0 Å². The van der Waals surface area contributed by atoms with Gasteiger partial charge in [-0.3, -0.25) is 0 Å². The zero-order valence-corrected chi connectivity index (χ0v) is 6.06. The van der Waals surface area contributed by atoms with Crippen LogP contribution in [0.1, 0.15) is 32.6 Å². The molecule has 2 aliphatic carbocycles. The van der Waals surface area contributed by atoms with E-state index in [1.165, 1.54) is 25.7 Å². The van der Waals surface area contributed by atoms with Crippen LogP contribution in [-0.4, -0.2) is 6.04 Å². The molecule has 2 fully saturated rings. The van der Waals surface area contributed by atoms with Gasteiger partial charge in [-0.1, -0.05) is 0 Å². The molecule has 0 aromatic heterocycles. The van der Waals surface area contributed by atoms with Crippen molar-refractivity contribution in [1.29, 1.82) is 0 Å². The van der Waals surface area contributed by atoms with Gasteiger partial charge >= 0.3 is 0 Å². The quantitative estimate of drug-likeness (QED) is 0.565. The van der Waals surface area contributed by atoms with E-state index >= 15 is 0 Å². The third-order valence-electron chi connectivity index (χ3n) is 3.09. The number of nitrogens with two attached hydrogens (primary N) is 1. The molecule has 0 saturated heterocycles. The Balaban J connectivity index is 1.83. The van der Waals surface area contributed by atoms with Crippen molar-refractivity contribution in [3.63, 3.8) is 0 Å². The molecule has 0 bridgehead atoms. The van der Waals surface area contributed by atoms with Crippen LogP contribution in [0.2, 0.25) is 0 Å². The lowest BCUT2D eigenvalue weighted by atomic mass is 9.69. The molecule has 0 amide bonds.